The molecule has 0 N–H and O–H groups in total. The van der Waals surface area contributed by atoms with Crippen LogP contribution >= 0.6 is 0 Å². The number of aromatic nitrogens is 1. The Morgan fingerprint density at radius 1 is 1.20 bits per heavy atom. The van der Waals surface area contributed by atoms with Crippen molar-refractivity contribution in [1.82, 2.24) is 4.98 Å². The predicted octanol–water partition coefficient (Wildman–Crippen LogP) is 1.73. The molecule has 0 aromatic carbocycles. The van der Waals surface area contributed by atoms with Crippen molar-refractivity contribution >= 4 is 18.4 Å². The van der Waals surface area contributed by atoms with Crippen LogP contribution in [0.1, 0.15) is 34.1 Å². The normalized spacial score (nSPS) is 23.9. The van der Waals surface area contributed by atoms with E-state index < -0.39 is 18.3 Å². The van der Waals surface area contributed by atoms with Crippen LogP contribution in [-0.2, 0) is 9.31 Å². The van der Waals surface area contributed by atoms with Crippen LogP contribution in [0.2, 0.25) is 0 Å². The molecule has 0 bridgehead atoms. The first kappa shape index (κ1) is 13.8. The first-order chi connectivity index (χ1) is 9.30. The molecule has 2 aliphatic rings. The van der Waals surface area contributed by atoms with Gasteiger partial charge in [-0.2, -0.15) is 0 Å². The molecular formula is C14H20BFN2O2. The maximum atomic E-state index is 13.6. The third-order valence-electron chi connectivity index (χ3n) is 4.52. The van der Waals surface area contributed by atoms with Crippen molar-refractivity contribution in [3.8, 4) is 0 Å². The highest BCUT2D eigenvalue weighted by atomic mass is 19.1. The minimum Gasteiger partial charge on any atom is -0.399 e. The number of hydrogen-bond acceptors (Lipinski definition) is 4. The molecule has 2 saturated heterocycles. The van der Waals surface area contributed by atoms with Gasteiger partial charge in [-0.05, 0) is 40.2 Å². The lowest BCUT2D eigenvalue weighted by atomic mass is 9.78. The van der Waals surface area contributed by atoms with E-state index in [2.05, 4.69) is 9.88 Å². The molecule has 0 amide bonds. The average molecular weight is 278 g/mol. The van der Waals surface area contributed by atoms with E-state index in [0.29, 0.717) is 5.46 Å². The van der Waals surface area contributed by atoms with Crippen LogP contribution in [0.5, 0.6) is 0 Å². The van der Waals surface area contributed by atoms with Gasteiger partial charge < -0.3 is 14.2 Å². The van der Waals surface area contributed by atoms with E-state index in [1.54, 1.807) is 0 Å². The summed E-state index contributed by atoms with van der Waals surface area (Å²) in [4.78, 5) is 6.36. The summed E-state index contributed by atoms with van der Waals surface area (Å²) in [6.45, 7) is 9.86. The lowest BCUT2D eigenvalue weighted by Crippen LogP contribution is -2.45. The summed E-state index contributed by atoms with van der Waals surface area (Å²) >= 11 is 0. The fourth-order valence-electron chi connectivity index (χ4n) is 2.38. The van der Waals surface area contributed by atoms with E-state index in [1.165, 1.54) is 12.3 Å². The number of rotatable bonds is 2. The summed E-state index contributed by atoms with van der Waals surface area (Å²) in [5.41, 5.74) is -0.185. The van der Waals surface area contributed by atoms with Gasteiger partial charge in [0.15, 0.2) is 0 Å². The Balaban J connectivity index is 1.96. The van der Waals surface area contributed by atoms with E-state index >= 15 is 0 Å². The molecule has 1 aromatic heterocycles. The van der Waals surface area contributed by atoms with Gasteiger partial charge in [-0.3, -0.25) is 0 Å². The Labute approximate surface area is 119 Å². The molecule has 1 aromatic rings. The largest absolute Gasteiger partial charge is 0.498 e. The van der Waals surface area contributed by atoms with Crippen LogP contribution in [-0.4, -0.2) is 36.4 Å². The zero-order valence-corrected chi connectivity index (χ0v) is 12.4. The molecule has 0 atom stereocenters. The Morgan fingerprint density at radius 3 is 2.30 bits per heavy atom. The molecule has 2 fully saturated rings. The number of nitrogens with zero attached hydrogens (tertiary/aromatic N) is 2. The van der Waals surface area contributed by atoms with E-state index in [1.807, 2.05) is 27.7 Å². The zero-order chi connectivity index (χ0) is 14.5. The molecule has 0 spiro atoms. The summed E-state index contributed by atoms with van der Waals surface area (Å²) in [6.07, 6.45) is 2.39. The molecule has 108 valence electrons. The van der Waals surface area contributed by atoms with Crippen molar-refractivity contribution in [2.75, 3.05) is 18.0 Å². The quantitative estimate of drug-likeness (QED) is 0.772. The van der Waals surface area contributed by atoms with Crippen LogP contribution in [0, 0.1) is 5.82 Å². The highest BCUT2D eigenvalue weighted by molar-refractivity contribution is 6.63. The maximum Gasteiger partial charge on any atom is 0.498 e. The SMILES string of the molecule is CC1(C)OB(c2cc(F)cnc2N2CCC2)OC1(C)C. The van der Waals surface area contributed by atoms with Crippen LogP contribution in [0.4, 0.5) is 10.2 Å². The zero-order valence-electron chi connectivity index (χ0n) is 12.4. The first-order valence-electron chi connectivity index (χ1n) is 7.06. The average Bonchev–Trinajstić information content (AvgIpc) is 2.48. The van der Waals surface area contributed by atoms with Crippen molar-refractivity contribution in [2.45, 2.75) is 45.3 Å². The van der Waals surface area contributed by atoms with E-state index in [9.17, 15) is 4.39 Å². The molecule has 0 radical (unpaired) electrons. The van der Waals surface area contributed by atoms with Gasteiger partial charge in [-0.25, -0.2) is 9.37 Å². The molecule has 3 heterocycles. The Kier molecular flexibility index (Phi) is 3.06. The van der Waals surface area contributed by atoms with E-state index in [0.717, 1.165) is 25.3 Å². The van der Waals surface area contributed by atoms with E-state index in [-0.39, 0.29) is 5.82 Å². The van der Waals surface area contributed by atoms with Crippen molar-refractivity contribution in [3.05, 3.63) is 18.1 Å². The highest BCUT2D eigenvalue weighted by Crippen LogP contribution is 2.37. The predicted molar refractivity (Wildman–Crippen MR) is 76.7 cm³/mol. The van der Waals surface area contributed by atoms with Crippen molar-refractivity contribution < 1.29 is 13.7 Å². The van der Waals surface area contributed by atoms with Crippen LogP contribution in [0.3, 0.4) is 0 Å². The third kappa shape index (κ3) is 2.11. The Morgan fingerprint density at radius 2 is 1.80 bits per heavy atom. The summed E-state index contributed by atoms with van der Waals surface area (Å²) in [6, 6.07) is 1.48. The summed E-state index contributed by atoms with van der Waals surface area (Å²) < 4.78 is 25.6. The fourth-order valence-corrected chi connectivity index (χ4v) is 2.38. The van der Waals surface area contributed by atoms with Crippen molar-refractivity contribution in [3.63, 3.8) is 0 Å². The van der Waals surface area contributed by atoms with Gasteiger partial charge in [0.05, 0.1) is 17.4 Å². The molecule has 20 heavy (non-hydrogen) atoms. The van der Waals surface area contributed by atoms with E-state index in [4.69, 9.17) is 9.31 Å². The maximum absolute atomic E-state index is 13.6. The lowest BCUT2D eigenvalue weighted by molar-refractivity contribution is 0.00578. The number of halogens is 1. The smallest absolute Gasteiger partial charge is 0.399 e. The molecule has 2 aliphatic heterocycles. The summed E-state index contributed by atoms with van der Waals surface area (Å²) in [5.74, 6) is 0.412. The van der Waals surface area contributed by atoms with Gasteiger partial charge in [-0.1, -0.05) is 0 Å². The number of anilines is 1. The van der Waals surface area contributed by atoms with Gasteiger partial charge in [0.25, 0.3) is 0 Å². The fraction of sp³-hybridized carbons (Fsp3) is 0.643. The monoisotopic (exact) mass is 278 g/mol. The molecular weight excluding hydrogens is 258 g/mol. The lowest BCUT2D eigenvalue weighted by Gasteiger charge is -2.33. The van der Waals surface area contributed by atoms with Gasteiger partial charge in [0, 0.05) is 18.6 Å². The molecule has 6 heteroatoms. The molecule has 3 rings (SSSR count). The Bertz CT molecular complexity index is 516. The summed E-state index contributed by atoms with van der Waals surface area (Å²) in [7, 11) is -0.571. The minimum absolute atomic E-state index is 0.362. The third-order valence-corrected chi connectivity index (χ3v) is 4.52. The second-order valence-electron chi connectivity index (χ2n) is 6.50. The van der Waals surface area contributed by atoms with Crippen LogP contribution < -0.4 is 10.4 Å². The second-order valence-corrected chi connectivity index (χ2v) is 6.50. The second kappa shape index (κ2) is 4.43. The van der Waals surface area contributed by atoms with Crippen molar-refractivity contribution in [2.24, 2.45) is 0 Å². The minimum atomic E-state index is -0.571. The van der Waals surface area contributed by atoms with Crippen LogP contribution in [0.25, 0.3) is 0 Å². The van der Waals surface area contributed by atoms with Crippen LogP contribution in [0.15, 0.2) is 12.3 Å². The van der Waals surface area contributed by atoms with Crippen molar-refractivity contribution in [1.29, 1.82) is 0 Å². The molecule has 0 unspecified atom stereocenters. The molecule has 0 aliphatic carbocycles. The standard InChI is InChI=1S/C14H20BFN2O2/c1-13(2)14(3,4)20-15(19-13)11-8-10(16)9-17-12(11)18-6-5-7-18/h8-9H,5-7H2,1-4H3. The summed E-state index contributed by atoms with van der Waals surface area (Å²) in [5, 5.41) is 0. The topological polar surface area (TPSA) is 34.6 Å². The van der Waals surface area contributed by atoms with Gasteiger partial charge in [0.2, 0.25) is 0 Å². The Hall–Kier alpha value is -1.14. The van der Waals surface area contributed by atoms with Gasteiger partial charge in [-0.15, -0.1) is 0 Å². The number of pyridine rings is 1. The first-order valence-corrected chi connectivity index (χ1v) is 7.06. The highest BCUT2D eigenvalue weighted by Gasteiger charge is 2.52. The number of hydrogen-bond donors (Lipinski definition) is 0. The van der Waals surface area contributed by atoms with Gasteiger partial charge >= 0.3 is 7.12 Å². The van der Waals surface area contributed by atoms with Gasteiger partial charge in [0.1, 0.15) is 11.6 Å². The molecule has 4 nitrogen and oxygen atoms in total. The molecule has 0 saturated carbocycles.